The third-order valence-electron chi connectivity index (χ3n) is 4.96. The van der Waals surface area contributed by atoms with Crippen molar-refractivity contribution in [2.45, 2.75) is 23.9 Å². The molecule has 32 heavy (non-hydrogen) atoms. The number of sulfonamides is 1. The van der Waals surface area contributed by atoms with Gasteiger partial charge in [-0.25, -0.2) is 12.8 Å². The Bertz CT molecular complexity index is 1170. The molecule has 1 aliphatic rings. The van der Waals surface area contributed by atoms with Crippen LogP contribution in [0, 0.1) is 11.7 Å². The summed E-state index contributed by atoms with van der Waals surface area (Å²) < 4.78 is 48.4. The van der Waals surface area contributed by atoms with Crippen LogP contribution in [-0.2, 0) is 14.8 Å². The molecule has 0 atom stereocenters. The number of benzene rings is 2. The molecule has 0 saturated carbocycles. The van der Waals surface area contributed by atoms with Crippen molar-refractivity contribution in [2.24, 2.45) is 5.92 Å². The molecule has 0 N–H and O–H groups in total. The third-order valence-corrected chi connectivity index (χ3v) is 8.21. The molecule has 7 nitrogen and oxygen atoms in total. The molecule has 0 amide bonds. The Balaban J connectivity index is 1.76. The fraction of sp³-hybridized carbons (Fsp3) is 0.364. The van der Waals surface area contributed by atoms with E-state index in [2.05, 4.69) is 24.0 Å². The molecule has 4 rings (SSSR count). The van der Waals surface area contributed by atoms with Crippen molar-refractivity contribution in [2.75, 3.05) is 32.1 Å². The van der Waals surface area contributed by atoms with Gasteiger partial charge in [0.15, 0.2) is 11.0 Å². The number of rotatable bonds is 7. The summed E-state index contributed by atoms with van der Waals surface area (Å²) >= 11 is 1.56. The summed E-state index contributed by atoms with van der Waals surface area (Å²) in [5.41, 5.74) is 1.33. The predicted octanol–water partition coefficient (Wildman–Crippen LogP) is 3.84. The Labute approximate surface area is 191 Å². The Kier molecular flexibility index (Phi) is 6.94. The maximum Gasteiger partial charge on any atom is 0.243 e. The van der Waals surface area contributed by atoms with Crippen molar-refractivity contribution < 1.29 is 17.5 Å². The first kappa shape index (κ1) is 22.9. The van der Waals surface area contributed by atoms with E-state index in [0.29, 0.717) is 54.5 Å². The Morgan fingerprint density at radius 1 is 1.09 bits per heavy atom. The molecule has 1 aliphatic heterocycles. The van der Waals surface area contributed by atoms with Crippen molar-refractivity contribution in [3.63, 3.8) is 0 Å². The molecule has 170 valence electrons. The van der Waals surface area contributed by atoms with Crippen molar-refractivity contribution in [3.8, 4) is 17.1 Å². The highest BCUT2D eigenvalue weighted by Crippen LogP contribution is 2.30. The first-order valence-electron chi connectivity index (χ1n) is 10.4. The van der Waals surface area contributed by atoms with Gasteiger partial charge in [-0.15, -0.1) is 10.2 Å². The number of ether oxygens (including phenoxy) is 1. The zero-order chi connectivity index (χ0) is 22.7. The number of halogens is 1. The van der Waals surface area contributed by atoms with Crippen LogP contribution in [0.15, 0.2) is 58.6 Å². The summed E-state index contributed by atoms with van der Waals surface area (Å²) in [7, 11) is -3.65. The lowest BCUT2D eigenvalue weighted by Crippen LogP contribution is -2.40. The average Bonchev–Trinajstić information content (AvgIpc) is 3.23. The minimum Gasteiger partial charge on any atom is -0.379 e. The highest BCUT2D eigenvalue weighted by molar-refractivity contribution is 7.99. The lowest BCUT2D eigenvalue weighted by molar-refractivity contribution is 0.0730. The number of hydrogen-bond donors (Lipinski definition) is 0. The fourth-order valence-electron chi connectivity index (χ4n) is 3.35. The molecule has 3 aromatic rings. The van der Waals surface area contributed by atoms with E-state index < -0.39 is 10.0 Å². The summed E-state index contributed by atoms with van der Waals surface area (Å²) in [4.78, 5) is 0.196. The summed E-state index contributed by atoms with van der Waals surface area (Å²) in [5, 5.41) is 9.39. The SMILES string of the molecule is CC(C)CSc1nnc(-c2cccc(S(=O)(=O)N3CCOCC3)c2)n1-c1ccc(F)cc1. The van der Waals surface area contributed by atoms with Crippen LogP contribution >= 0.6 is 11.8 Å². The summed E-state index contributed by atoms with van der Waals surface area (Å²) in [5.74, 6) is 1.45. The van der Waals surface area contributed by atoms with E-state index in [1.165, 1.54) is 16.4 Å². The lowest BCUT2D eigenvalue weighted by atomic mass is 10.2. The van der Waals surface area contributed by atoms with E-state index in [1.54, 1.807) is 48.2 Å². The molecule has 2 heterocycles. The number of aromatic nitrogens is 3. The van der Waals surface area contributed by atoms with Gasteiger partial charge in [0.1, 0.15) is 5.82 Å². The lowest BCUT2D eigenvalue weighted by Gasteiger charge is -2.26. The minimum atomic E-state index is -3.65. The monoisotopic (exact) mass is 476 g/mol. The molecule has 1 fully saturated rings. The van der Waals surface area contributed by atoms with E-state index in [1.807, 2.05) is 4.57 Å². The van der Waals surface area contributed by atoms with E-state index in [0.717, 1.165) is 5.75 Å². The fourth-order valence-corrected chi connectivity index (χ4v) is 5.70. The van der Waals surface area contributed by atoms with Gasteiger partial charge in [0.25, 0.3) is 0 Å². The van der Waals surface area contributed by atoms with E-state index >= 15 is 0 Å². The van der Waals surface area contributed by atoms with Crippen molar-refractivity contribution in [1.29, 1.82) is 0 Å². The molecule has 1 aromatic heterocycles. The van der Waals surface area contributed by atoms with Gasteiger partial charge in [-0.2, -0.15) is 4.31 Å². The quantitative estimate of drug-likeness (QED) is 0.482. The van der Waals surface area contributed by atoms with Gasteiger partial charge in [-0.1, -0.05) is 37.7 Å². The second kappa shape index (κ2) is 9.70. The van der Waals surface area contributed by atoms with Crippen LogP contribution in [0.2, 0.25) is 0 Å². The average molecular weight is 477 g/mol. The van der Waals surface area contributed by atoms with E-state index in [-0.39, 0.29) is 10.7 Å². The molecule has 1 saturated heterocycles. The van der Waals surface area contributed by atoms with Gasteiger partial charge >= 0.3 is 0 Å². The maximum atomic E-state index is 13.5. The molecule has 0 bridgehead atoms. The van der Waals surface area contributed by atoms with Crippen LogP contribution in [0.5, 0.6) is 0 Å². The predicted molar refractivity (Wildman–Crippen MR) is 122 cm³/mol. The van der Waals surface area contributed by atoms with E-state index in [4.69, 9.17) is 4.74 Å². The molecule has 0 spiro atoms. The number of morpholine rings is 1. The molecule has 2 aromatic carbocycles. The van der Waals surface area contributed by atoms with Crippen molar-refractivity contribution in [3.05, 3.63) is 54.3 Å². The number of hydrogen-bond acceptors (Lipinski definition) is 6. The number of thioether (sulfide) groups is 1. The molecule has 0 unspecified atom stereocenters. The van der Waals surface area contributed by atoms with Gasteiger partial charge < -0.3 is 4.74 Å². The third kappa shape index (κ3) is 4.88. The normalized spacial score (nSPS) is 15.4. The zero-order valence-electron chi connectivity index (χ0n) is 17.9. The van der Waals surface area contributed by atoms with Crippen LogP contribution in [0.4, 0.5) is 4.39 Å². The van der Waals surface area contributed by atoms with Gasteiger partial charge in [0.2, 0.25) is 10.0 Å². The van der Waals surface area contributed by atoms with E-state index in [9.17, 15) is 12.8 Å². The Hall–Kier alpha value is -2.27. The van der Waals surface area contributed by atoms with Gasteiger partial charge in [0, 0.05) is 30.1 Å². The van der Waals surface area contributed by atoms with Crippen LogP contribution in [-0.4, -0.2) is 59.5 Å². The minimum absolute atomic E-state index is 0.196. The Morgan fingerprint density at radius 2 is 1.81 bits per heavy atom. The highest BCUT2D eigenvalue weighted by atomic mass is 32.2. The van der Waals surface area contributed by atoms with Crippen LogP contribution in [0.1, 0.15) is 13.8 Å². The maximum absolute atomic E-state index is 13.5. The molecule has 0 aliphatic carbocycles. The first-order valence-corrected chi connectivity index (χ1v) is 12.8. The summed E-state index contributed by atoms with van der Waals surface area (Å²) in [6, 6.07) is 12.8. The van der Waals surface area contributed by atoms with Gasteiger partial charge in [0.05, 0.1) is 18.1 Å². The largest absolute Gasteiger partial charge is 0.379 e. The van der Waals surface area contributed by atoms with Crippen LogP contribution < -0.4 is 0 Å². The molecule has 10 heteroatoms. The number of nitrogens with zero attached hydrogens (tertiary/aromatic N) is 4. The first-order chi connectivity index (χ1) is 15.4. The van der Waals surface area contributed by atoms with Crippen molar-refractivity contribution in [1.82, 2.24) is 19.1 Å². The molecule has 0 radical (unpaired) electrons. The second-order valence-electron chi connectivity index (χ2n) is 7.87. The zero-order valence-corrected chi connectivity index (χ0v) is 19.6. The summed E-state index contributed by atoms with van der Waals surface area (Å²) in [6.07, 6.45) is 0. The topological polar surface area (TPSA) is 77.3 Å². The van der Waals surface area contributed by atoms with Crippen LogP contribution in [0.3, 0.4) is 0 Å². The second-order valence-corrected chi connectivity index (χ2v) is 10.8. The van der Waals surface area contributed by atoms with Gasteiger partial charge in [-0.3, -0.25) is 4.57 Å². The highest BCUT2D eigenvalue weighted by Gasteiger charge is 2.27. The standard InChI is InChI=1S/C22H25FN4O3S2/c1-16(2)15-31-22-25-24-21(27(22)19-8-6-18(23)7-9-19)17-4-3-5-20(14-17)32(28,29)26-10-12-30-13-11-26/h3-9,14,16H,10-13,15H2,1-2H3. The van der Waals surface area contributed by atoms with Crippen LogP contribution in [0.25, 0.3) is 17.1 Å². The molecular weight excluding hydrogens is 451 g/mol. The van der Waals surface area contributed by atoms with Gasteiger partial charge in [-0.05, 0) is 42.3 Å². The smallest absolute Gasteiger partial charge is 0.243 e. The van der Waals surface area contributed by atoms with Crippen molar-refractivity contribution >= 4 is 21.8 Å². The molecular formula is C22H25FN4O3S2. The summed E-state index contributed by atoms with van der Waals surface area (Å²) in [6.45, 7) is 5.66. The Morgan fingerprint density at radius 3 is 2.50 bits per heavy atom.